The highest BCUT2D eigenvalue weighted by Crippen LogP contribution is 2.60. The van der Waals surface area contributed by atoms with E-state index >= 15 is 0 Å². The SMILES string of the molecule is O=C1/C=C/C=N\NC(C2(C(F)(F)F)CC2)C1. The quantitative estimate of drug-likeness (QED) is 0.749. The number of allylic oxidation sites excluding steroid dienone is 2. The van der Waals surface area contributed by atoms with E-state index in [1.54, 1.807) is 0 Å². The normalized spacial score (nSPS) is 32.2. The van der Waals surface area contributed by atoms with Crippen LogP contribution in [0.5, 0.6) is 0 Å². The number of ketones is 1. The summed E-state index contributed by atoms with van der Waals surface area (Å²) in [6, 6.07) is -0.943. The van der Waals surface area contributed by atoms with E-state index in [2.05, 4.69) is 10.5 Å². The molecule has 6 heteroatoms. The number of alkyl halides is 3. The molecule has 2 rings (SSSR count). The molecule has 1 heterocycles. The summed E-state index contributed by atoms with van der Waals surface area (Å²) in [5, 5.41) is 3.65. The Morgan fingerprint density at radius 1 is 1.44 bits per heavy atom. The number of carbonyl (C=O) groups excluding carboxylic acids is 1. The standard InChI is InChI=1S/C10H11F3N2O/c11-10(12,13)9(3-4-9)8-6-7(16)2-1-5-14-15-8/h1-2,5,8,15H,3-4,6H2/b2-1+,14-5-. The van der Waals surface area contributed by atoms with Crippen molar-refractivity contribution in [3.8, 4) is 0 Å². The summed E-state index contributed by atoms with van der Waals surface area (Å²) >= 11 is 0. The highest BCUT2D eigenvalue weighted by molar-refractivity contribution is 5.94. The average Bonchev–Trinajstić information content (AvgIpc) is 2.90. The first-order chi connectivity index (χ1) is 7.46. The monoisotopic (exact) mass is 232 g/mol. The lowest BCUT2D eigenvalue weighted by Crippen LogP contribution is -2.44. The summed E-state index contributed by atoms with van der Waals surface area (Å²) in [5.41, 5.74) is 0.680. The number of nitrogens with zero attached hydrogens (tertiary/aromatic N) is 1. The van der Waals surface area contributed by atoms with E-state index in [0.717, 1.165) is 0 Å². The Kier molecular flexibility index (Phi) is 2.52. The predicted molar refractivity (Wildman–Crippen MR) is 51.9 cm³/mol. The van der Waals surface area contributed by atoms with Gasteiger partial charge in [-0.2, -0.15) is 18.3 Å². The van der Waals surface area contributed by atoms with Crippen LogP contribution >= 0.6 is 0 Å². The van der Waals surface area contributed by atoms with Gasteiger partial charge < -0.3 is 5.43 Å². The lowest BCUT2D eigenvalue weighted by Gasteiger charge is -2.28. The Hall–Kier alpha value is -1.33. The highest BCUT2D eigenvalue weighted by atomic mass is 19.4. The van der Waals surface area contributed by atoms with Crippen LogP contribution in [0.25, 0.3) is 0 Å². The molecule has 16 heavy (non-hydrogen) atoms. The van der Waals surface area contributed by atoms with Crippen LogP contribution < -0.4 is 5.43 Å². The smallest absolute Gasteiger partial charge is 0.306 e. The zero-order chi connectivity index (χ0) is 11.8. The summed E-state index contributed by atoms with van der Waals surface area (Å²) < 4.78 is 38.5. The molecule has 2 aliphatic rings. The molecular weight excluding hydrogens is 221 g/mol. The molecule has 0 amide bonds. The van der Waals surface area contributed by atoms with Crippen LogP contribution in [0.4, 0.5) is 13.2 Å². The van der Waals surface area contributed by atoms with Crippen molar-refractivity contribution in [2.24, 2.45) is 10.5 Å². The number of hydrazone groups is 1. The van der Waals surface area contributed by atoms with E-state index in [-0.39, 0.29) is 25.0 Å². The Balaban J connectivity index is 2.18. The van der Waals surface area contributed by atoms with Crippen molar-refractivity contribution in [3.63, 3.8) is 0 Å². The van der Waals surface area contributed by atoms with E-state index in [1.165, 1.54) is 18.4 Å². The average molecular weight is 232 g/mol. The third-order valence-electron chi connectivity index (χ3n) is 3.10. The molecule has 1 aliphatic carbocycles. The Morgan fingerprint density at radius 2 is 2.12 bits per heavy atom. The second-order valence-corrected chi connectivity index (χ2v) is 4.14. The van der Waals surface area contributed by atoms with Crippen molar-refractivity contribution in [1.82, 2.24) is 5.43 Å². The van der Waals surface area contributed by atoms with Crippen molar-refractivity contribution in [2.45, 2.75) is 31.5 Å². The molecule has 88 valence electrons. The lowest BCUT2D eigenvalue weighted by atomic mass is 9.91. The van der Waals surface area contributed by atoms with E-state index < -0.39 is 17.6 Å². The van der Waals surface area contributed by atoms with Crippen LogP contribution in [0.2, 0.25) is 0 Å². The molecular formula is C10H11F3N2O. The van der Waals surface area contributed by atoms with Gasteiger partial charge in [0.1, 0.15) is 0 Å². The van der Waals surface area contributed by atoms with Crippen LogP contribution in [-0.4, -0.2) is 24.2 Å². The van der Waals surface area contributed by atoms with Gasteiger partial charge in [-0.1, -0.05) is 0 Å². The fraction of sp³-hybridized carbons (Fsp3) is 0.600. The first-order valence-corrected chi connectivity index (χ1v) is 5.00. The number of nitrogens with one attached hydrogen (secondary N) is 1. The largest absolute Gasteiger partial charge is 0.396 e. The second kappa shape index (κ2) is 3.61. The van der Waals surface area contributed by atoms with E-state index in [0.29, 0.717) is 0 Å². The Labute approximate surface area is 90.4 Å². The molecule has 1 atom stereocenters. The van der Waals surface area contributed by atoms with Gasteiger partial charge in [0.15, 0.2) is 5.78 Å². The highest BCUT2D eigenvalue weighted by Gasteiger charge is 2.67. The molecule has 1 unspecified atom stereocenters. The summed E-state index contributed by atoms with van der Waals surface area (Å²) in [6.45, 7) is 0. The maximum atomic E-state index is 12.8. The van der Waals surface area contributed by atoms with E-state index in [4.69, 9.17) is 0 Å². The van der Waals surface area contributed by atoms with Crippen LogP contribution in [0.3, 0.4) is 0 Å². The van der Waals surface area contributed by atoms with Crippen LogP contribution in [0.1, 0.15) is 19.3 Å². The first kappa shape index (κ1) is 11.2. The van der Waals surface area contributed by atoms with Crippen molar-refractivity contribution >= 4 is 12.0 Å². The molecule has 0 spiro atoms. The molecule has 0 aromatic carbocycles. The van der Waals surface area contributed by atoms with Crippen LogP contribution in [0, 0.1) is 5.41 Å². The van der Waals surface area contributed by atoms with Gasteiger partial charge in [0.25, 0.3) is 0 Å². The predicted octanol–water partition coefficient (Wildman–Crippen LogP) is 1.80. The Morgan fingerprint density at radius 3 is 2.69 bits per heavy atom. The minimum absolute atomic E-state index is 0.0701. The van der Waals surface area contributed by atoms with Crippen molar-refractivity contribution in [2.75, 3.05) is 0 Å². The van der Waals surface area contributed by atoms with Crippen molar-refractivity contribution in [1.29, 1.82) is 0 Å². The van der Waals surface area contributed by atoms with E-state index in [1.807, 2.05) is 0 Å². The number of hydrogen-bond acceptors (Lipinski definition) is 3. The molecule has 0 aromatic heterocycles. The molecule has 1 aliphatic heterocycles. The third-order valence-corrected chi connectivity index (χ3v) is 3.10. The molecule has 0 aromatic rings. The molecule has 0 radical (unpaired) electrons. The maximum Gasteiger partial charge on any atom is 0.396 e. The van der Waals surface area contributed by atoms with Gasteiger partial charge in [0, 0.05) is 12.6 Å². The fourth-order valence-corrected chi connectivity index (χ4v) is 1.92. The lowest BCUT2D eigenvalue weighted by molar-refractivity contribution is -0.196. The first-order valence-electron chi connectivity index (χ1n) is 5.00. The van der Waals surface area contributed by atoms with E-state index in [9.17, 15) is 18.0 Å². The van der Waals surface area contributed by atoms with Gasteiger partial charge in [-0.3, -0.25) is 4.79 Å². The zero-order valence-corrected chi connectivity index (χ0v) is 8.42. The minimum Gasteiger partial charge on any atom is -0.306 e. The number of carbonyl (C=O) groups is 1. The van der Waals surface area contributed by atoms with Gasteiger partial charge in [-0.25, -0.2) is 0 Å². The summed E-state index contributed by atoms with van der Waals surface area (Å²) in [6.07, 6.45) is -0.336. The third kappa shape index (κ3) is 1.83. The summed E-state index contributed by atoms with van der Waals surface area (Å²) in [7, 11) is 0. The van der Waals surface area contributed by atoms with Crippen LogP contribution in [-0.2, 0) is 4.79 Å². The van der Waals surface area contributed by atoms with Gasteiger partial charge >= 0.3 is 6.18 Å². The molecule has 1 saturated carbocycles. The van der Waals surface area contributed by atoms with Gasteiger partial charge in [-0.05, 0) is 25.0 Å². The molecule has 0 saturated heterocycles. The second-order valence-electron chi connectivity index (χ2n) is 4.14. The summed E-state index contributed by atoms with van der Waals surface area (Å²) in [5.74, 6) is -0.306. The maximum absolute atomic E-state index is 12.8. The number of hydrogen-bond donors (Lipinski definition) is 1. The van der Waals surface area contributed by atoms with Crippen LogP contribution in [0.15, 0.2) is 17.3 Å². The summed E-state index contributed by atoms with van der Waals surface area (Å²) in [4.78, 5) is 11.3. The molecule has 3 nitrogen and oxygen atoms in total. The zero-order valence-electron chi connectivity index (χ0n) is 8.42. The fourth-order valence-electron chi connectivity index (χ4n) is 1.92. The molecule has 1 fully saturated rings. The van der Waals surface area contributed by atoms with Gasteiger partial charge in [0.05, 0.1) is 11.5 Å². The van der Waals surface area contributed by atoms with Crippen molar-refractivity contribution in [3.05, 3.63) is 12.2 Å². The number of halogens is 3. The van der Waals surface area contributed by atoms with Gasteiger partial charge in [0.2, 0.25) is 0 Å². The molecule has 1 N–H and O–H groups in total. The minimum atomic E-state index is -4.27. The molecule has 0 bridgehead atoms. The van der Waals surface area contributed by atoms with Crippen molar-refractivity contribution < 1.29 is 18.0 Å². The van der Waals surface area contributed by atoms with Gasteiger partial charge in [-0.15, -0.1) is 0 Å². The number of rotatable bonds is 1. The topological polar surface area (TPSA) is 41.5 Å². The Bertz CT molecular complexity index is 356.